The molecule has 1 fully saturated rings. The Hall–Kier alpha value is -1.11. The molecular weight excluding hydrogens is 314 g/mol. The van der Waals surface area contributed by atoms with E-state index < -0.39 is 12.1 Å². The SMILES string of the molecule is COC(=O)C(O)c1ccc(N2CCOCC2)c(Br)c1. The molecule has 5 nitrogen and oxygen atoms in total. The first-order valence-electron chi connectivity index (χ1n) is 6.01. The Bertz CT molecular complexity index is 460. The van der Waals surface area contributed by atoms with Crippen molar-refractivity contribution in [1.82, 2.24) is 0 Å². The summed E-state index contributed by atoms with van der Waals surface area (Å²) in [5, 5.41) is 9.79. The van der Waals surface area contributed by atoms with Gasteiger partial charge in [0.05, 0.1) is 26.0 Å². The summed E-state index contributed by atoms with van der Waals surface area (Å²) in [7, 11) is 1.25. The third kappa shape index (κ3) is 3.26. The molecule has 19 heavy (non-hydrogen) atoms. The largest absolute Gasteiger partial charge is 0.467 e. The molecule has 0 saturated carbocycles. The van der Waals surface area contributed by atoms with Crippen LogP contribution in [0, 0.1) is 0 Å². The third-order valence-electron chi connectivity index (χ3n) is 3.06. The van der Waals surface area contributed by atoms with Crippen LogP contribution in [0.5, 0.6) is 0 Å². The minimum atomic E-state index is -1.25. The summed E-state index contributed by atoms with van der Waals surface area (Å²) in [6.07, 6.45) is -1.25. The number of aliphatic hydroxyl groups excluding tert-OH is 1. The van der Waals surface area contributed by atoms with Gasteiger partial charge in [-0.3, -0.25) is 0 Å². The molecular formula is C13H16BrNO4. The zero-order valence-corrected chi connectivity index (χ0v) is 12.2. The molecule has 0 aromatic heterocycles. The van der Waals surface area contributed by atoms with Crippen molar-refractivity contribution in [1.29, 1.82) is 0 Å². The summed E-state index contributed by atoms with van der Waals surface area (Å²) in [6.45, 7) is 3.08. The molecule has 1 unspecified atom stereocenters. The first-order valence-corrected chi connectivity index (χ1v) is 6.81. The van der Waals surface area contributed by atoms with E-state index in [9.17, 15) is 9.90 Å². The van der Waals surface area contributed by atoms with Crippen LogP contribution in [0.15, 0.2) is 22.7 Å². The fourth-order valence-electron chi connectivity index (χ4n) is 2.00. The Labute approximate surface area is 120 Å². The van der Waals surface area contributed by atoms with Gasteiger partial charge < -0.3 is 19.5 Å². The fourth-order valence-corrected chi connectivity index (χ4v) is 2.65. The topological polar surface area (TPSA) is 59.0 Å². The number of rotatable bonds is 3. The average molecular weight is 330 g/mol. The van der Waals surface area contributed by atoms with Crippen molar-refractivity contribution in [3.8, 4) is 0 Å². The molecule has 1 saturated heterocycles. The number of nitrogens with zero attached hydrogens (tertiary/aromatic N) is 1. The number of carbonyl (C=O) groups excluding carboxylic acids is 1. The van der Waals surface area contributed by atoms with Gasteiger partial charge in [-0.2, -0.15) is 0 Å². The molecule has 0 radical (unpaired) electrons. The predicted molar refractivity (Wildman–Crippen MR) is 74.1 cm³/mol. The summed E-state index contributed by atoms with van der Waals surface area (Å²) in [6, 6.07) is 5.36. The average Bonchev–Trinajstić information content (AvgIpc) is 2.46. The van der Waals surface area contributed by atoms with Crippen LogP contribution in [0.2, 0.25) is 0 Å². The van der Waals surface area contributed by atoms with Crippen molar-refractivity contribution in [2.45, 2.75) is 6.10 Å². The van der Waals surface area contributed by atoms with E-state index >= 15 is 0 Å². The molecule has 0 amide bonds. The van der Waals surface area contributed by atoms with Gasteiger partial charge in [-0.25, -0.2) is 4.79 Å². The van der Waals surface area contributed by atoms with E-state index in [2.05, 4.69) is 25.6 Å². The lowest BCUT2D eigenvalue weighted by molar-refractivity contribution is -0.150. The molecule has 2 rings (SSSR count). The van der Waals surface area contributed by atoms with E-state index in [-0.39, 0.29) is 0 Å². The smallest absolute Gasteiger partial charge is 0.339 e. The van der Waals surface area contributed by atoms with E-state index in [4.69, 9.17) is 4.74 Å². The standard InChI is InChI=1S/C13H16BrNO4/c1-18-13(17)12(16)9-2-3-11(10(14)8-9)15-4-6-19-7-5-15/h2-3,8,12,16H,4-7H2,1H3. The summed E-state index contributed by atoms with van der Waals surface area (Å²) < 4.78 is 10.7. The van der Waals surface area contributed by atoms with Gasteiger partial charge in [0, 0.05) is 17.6 Å². The van der Waals surface area contributed by atoms with Crippen LogP contribution < -0.4 is 4.90 Å². The summed E-state index contributed by atoms with van der Waals surface area (Å²) in [5.74, 6) is -0.661. The molecule has 104 valence electrons. The number of benzene rings is 1. The fraction of sp³-hybridized carbons (Fsp3) is 0.462. The van der Waals surface area contributed by atoms with Crippen molar-refractivity contribution >= 4 is 27.6 Å². The Balaban J connectivity index is 2.19. The molecule has 1 aliphatic rings. The molecule has 1 aliphatic heterocycles. The van der Waals surface area contributed by atoms with Crippen molar-refractivity contribution in [3.05, 3.63) is 28.2 Å². The summed E-state index contributed by atoms with van der Waals surface area (Å²) >= 11 is 3.48. The van der Waals surface area contributed by atoms with E-state index in [1.54, 1.807) is 12.1 Å². The predicted octanol–water partition coefficient (Wildman–Crippen LogP) is 1.49. The van der Waals surface area contributed by atoms with Gasteiger partial charge in [-0.15, -0.1) is 0 Å². The number of methoxy groups -OCH3 is 1. The molecule has 0 spiro atoms. The lowest BCUT2D eigenvalue weighted by Crippen LogP contribution is -2.36. The Kier molecular flexibility index (Phi) is 4.79. The van der Waals surface area contributed by atoms with Crippen molar-refractivity contribution in [2.24, 2.45) is 0 Å². The van der Waals surface area contributed by atoms with Gasteiger partial charge in [-0.05, 0) is 33.6 Å². The molecule has 0 bridgehead atoms. The number of aliphatic hydroxyl groups is 1. The van der Waals surface area contributed by atoms with Crippen LogP contribution in [0.4, 0.5) is 5.69 Å². The monoisotopic (exact) mass is 329 g/mol. The van der Waals surface area contributed by atoms with Crippen LogP contribution in [-0.4, -0.2) is 44.5 Å². The van der Waals surface area contributed by atoms with Crippen molar-refractivity contribution in [2.75, 3.05) is 38.3 Å². The van der Waals surface area contributed by atoms with Crippen molar-refractivity contribution in [3.63, 3.8) is 0 Å². The number of carbonyl (C=O) groups is 1. The van der Waals surface area contributed by atoms with E-state index in [0.717, 1.165) is 23.2 Å². The van der Waals surface area contributed by atoms with Crippen LogP contribution >= 0.6 is 15.9 Å². The lowest BCUT2D eigenvalue weighted by atomic mass is 10.1. The number of hydrogen-bond donors (Lipinski definition) is 1. The van der Waals surface area contributed by atoms with Gasteiger partial charge in [0.25, 0.3) is 0 Å². The number of halogens is 1. The minimum absolute atomic E-state index is 0.510. The highest BCUT2D eigenvalue weighted by atomic mass is 79.9. The minimum Gasteiger partial charge on any atom is -0.467 e. The molecule has 1 atom stereocenters. The normalized spacial score (nSPS) is 17.1. The van der Waals surface area contributed by atoms with Crippen LogP contribution in [0.25, 0.3) is 0 Å². The Morgan fingerprint density at radius 2 is 2.16 bits per heavy atom. The van der Waals surface area contributed by atoms with Gasteiger partial charge >= 0.3 is 5.97 Å². The van der Waals surface area contributed by atoms with Gasteiger partial charge in [-0.1, -0.05) is 6.07 Å². The lowest BCUT2D eigenvalue weighted by Gasteiger charge is -2.30. The van der Waals surface area contributed by atoms with Gasteiger partial charge in [0.1, 0.15) is 0 Å². The number of anilines is 1. The number of morpholine rings is 1. The highest BCUT2D eigenvalue weighted by Gasteiger charge is 2.20. The quantitative estimate of drug-likeness (QED) is 0.851. The maximum Gasteiger partial charge on any atom is 0.339 e. The second-order valence-electron chi connectivity index (χ2n) is 4.24. The van der Waals surface area contributed by atoms with E-state index in [0.29, 0.717) is 18.8 Å². The molecule has 6 heteroatoms. The second kappa shape index (κ2) is 6.36. The van der Waals surface area contributed by atoms with Crippen LogP contribution in [0.1, 0.15) is 11.7 Å². The maximum absolute atomic E-state index is 11.3. The first kappa shape index (κ1) is 14.3. The van der Waals surface area contributed by atoms with Crippen LogP contribution in [-0.2, 0) is 14.3 Å². The maximum atomic E-state index is 11.3. The molecule has 1 aromatic carbocycles. The highest BCUT2D eigenvalue weighted by molar-refractivity contribution is 9.10. The number of esters is 1. The van der Waals surface area contributed by atoms with E-state index in [1.807, 2.05) is 6.07 Å². The number of ether oxygens (including phenoxy) is 2. The Morgan fingerprint density at radius 1 is 1.47 bits per heavy atom. The van der Waals surface area contributed by atoms with Gasteiger partial charge in [0.15, 0.2) is 6.10 Å². The second-order valence-corrected chi connectivity index (χ2v) is 5.09. The molecule has 1 N–H and O–H groups in total. The van der Waals surface area contributed by atoms with Crippen LogP contribution in [0.3, 0.4) is 0 Å². The molecule has 1 aromatic rings. The first-order chi connectivity index (χ1) is 9.13. The third-order valence-corrected chi connectivity index (χ3v) is 3.70. The molecule has 0 aliphatic carbocycles. The number of hydrogen-bond acceptors (Lipinski definition) is 5. The zero-order chi connectivity index (χ0) is 13.8. The Morgan fingerprint density at radius 3 is 2.74 bits per heavy atom. The highest BCUT2D eigenvalue weighted by Crippen LogP contribution is 2.30. The van der Waals surface area contributed by atoms with E-state index in [1.165, 1.54) is 7.11 Å². The summed E-state index contributed by atoms with van der Waals surface area (Å²) in [5.41, 5.74) is 1.54. The van der Waals surface area contributed by atoms with Gasteiger partial charge in [0.2, 0.25) is 0 Å². The molecule has 1 heterocycles. The van der Waals surface area contributed by atoms with Crippen molar-refractivity contribution < 1.29 is 19.4 Å². The zero-order valence-electron chi connectivity index (χ0n) is 10.6. The summed E-state index contributed by atoms with van der Waals surface area (Å²) in [4.78, 5) is 13.5.